The molecule has 0 unspecified atom stereocenters. The molecule has 8 heteroatoms. The number of carbonyl (C=O) groups excluding carboxylic acids is 2. The summed E-state index contributed by atoms with van der Waals surface area (Å²) in [6.07, 6.45) is 0.0904. The van der Waals surface area contributed by atoms with Crippen LogP contribution in [0.2, 0.25) is 10.0 Å². The van der Waals surface area contributed by atoms with E-state index in [1.165, 1.54) is 0 Å². The summed E-state index contributed by atoms with van der Waals surface area (Å²) >= 11 is 12.3. The number of hydrogen-bond acceptors (Lipinski definition) is 5. The smallest absolute Gasteiger partial charge is 0.336 e. The Morgan fingerprint density at radius 3 is 2.76 bits per heavy atom. The maximum atomic E-state index is 12.9. The van der Waals surface area contributed by atoms with Crippen molar-refractivity contribution in [2.45, 2.75) is 25.9 Å². The van der Waals surface area contributed by atoms with Gasteiger partial charge in [0.2, 0.25) is 12.7 Å². The fourth-order valence-electron chi connectivity index (χ4n) is 3.48. The molecule has 2 aromatic rings. The molecule has 0 saturated carbocycles. The third kappa shape index (κ3) is 4.04. The normalized spacial score (nSPS) is 17.9. The van der Waals surface area contributed by atoms with E-state index in [2.05, 4.69) is 5.32 Å². The first kappa shape index (κ1) is 19.6. The van der Waals surface area contributed by atoms with Gasteiger partial charge in [-0.2, -0.15) is 0 Å². The lowest BCUT2D eigenvalue weighted by molar-refractivity contribution is -0.141. The van der Waals surface area contributed by atoms with Crippen LogP contribution in [0.5, 0.6) is 11.5 Å². The van der Waals surface area contributed by atoms with Crippen LogP contribution in [0.25, 0.3) is 0 Å². The molecule has 6 nitrogen and oxygen atoms in total. The molecule has 0 aromatic heterocycles. The monoisotopic (exact) mass is 433 g/mol. The fourth-order valence-corrected chi connectivity index (χ4v) is 4.02. The zero-order chi connectivity index (χ0) is 20.5. The van der Waals surface area contributed by atoms with E-state index in [1.54, 1.807) is 43.3 Å². The van der Waals surface area contributed by atoms with Crippen molar-refractivity contribution in [3.8, 4) is 11.5 Å². The summed E-state index contributed by atoms with van der Waals surface area (Å²) in [7, 11) is 0. The molecule has 0 radical (unpaired) electrons. The number of rotatable bonds is 4. The lowest BCUT2D eigenvalue weighted by Gasteiger charge is -2.27. The molecule has 0 aliphatic carbocycles. The molecule has 0 saturated heterocycles. The maximum absolute atomic E-state index is 12.9. The zero-order valence-corrected chi connectivity index (χ0v) is 17.0. The predicted molar refractivity (Wildman–Crippen MR) is 107 cm³/mol. The van der Waals surface area contributed by atoms with Crippen molar-refractivity contribution < 1.29 is 23.8 Å². The first-order valence-corrected chi connectivity index (χ1v) is 9.69. The molecule has 0 bridgehead atoms. The Bertz CT molecular complexity index is 1030. The van der Waals surface area contributed by atoms with Crippen molar-refractivity contribution in [2.75, 3.05) is 6.79 Å². The van der Waals surface area contributed by atoms with Crippen LogP contribution in [0, 0.1) is 0 Å². The number of hydrogen-bond donors (Lipinski definition) is 1. The summed E-state index contributed by atoms with van der Waals surface area (Å²) in [5.74, 6) is 0.0514. The summed E-state index contributed by atoms with van der Waals surface area (Å²) in [4.78, 5) is 25.0. The van der Waals surface area contributed by atoms with Crippen molar-refractivity contribution in [1.82, 2.24) is 5.32 Å². The maximum Gasteiger partial charge on any atom is 0.336 e. The highest BCUT2D eigenvalue weighted by atomic mass is 35.5. The second-order valence-corrected chi connectivity index (χ2v) is 7.62. The van der Waals surface area contributed by atoms with Gasteiger partial charge in [-0.1, -0.05) is 35.3 Å². The average Bonchev–Trinajstić information content (AvgIpc) is 3.13. The Labute approximate surface area is 177 Å². The van der Waals surface area contributed by atoms with E-state index in [1.807, 2.05) is 0 Å². The molecule has 1 N–H and O–H groups in total. The Balaban J connectivity index is 1.57. The van der Waals surface area contributed by atoms with Crippen LogP contribution in [0.3, 0.4) is 0 Å². The first-order chi connectivity index (χ1) is 13.9. The number of ether oxygens (including phenoxy) is 3. The van der Waals surface area contributed by atoms with Gasteiger partial charge in [0.25, 0.3) is 0 Å². The van der Waals surface area contributed by atoms with Gasteiger partial charge in [-0.05, 0) is 42.3 Å². The van der Waals surface area contributed by atoms with Crippen LogP contribution < -0.4 is 14.8 Å². The number of nitrogens with one attached hydrogen (secondary N) is 1. The Morgan fingerprint density at radius 1 is 1.17 bits per heavy atom. The lowest BCUT2D eigenvalue weighted by Crippen LogP contribution is -2.34. The van der Waals surface area contributed by atoms with Gasteiger partial charge in [0, 0.05) is 28.1 Å². The summed E-state index contributed by atoms with van der Waals surface area (Å²) < 4.78 is 16.2. The molecule has 0 fully saturated rings. The number of carbonyl (C=O) groups is 2. The van der Waals surface area contributed by atoms with E-state index in [9.17, 15) is 9.59 Å². The zero-order valence-electron chi connectivity index (χ0n) is 15.5. The SMILES string of the molecule is CC1=C(C(=O)OCc2ccc3c(c2)OCO3)[C@H](c2ccc(Cl)cc2Cl)CC(=O)N1. The van der Waals surface area contributed by atoms with E-state index in [-0.39, 0.29) is 25.7 Å². The van der Waals surface area contributed by atoms with Gasteiger partial charge in [0.1, 0.15) is 6.61 Å². The van der Waals surface area contributed by atoms with Gasteiger partial charge in [-0.25, -0.2) is 4.79 Å². The molecule has 2 aliphatic rings. The minimum Gasteiger partial charge on any atom is -0.457 e. The molecule has 29 heavy (non-hydrogen) atoms. The van der Waals surface area contributed by atoms with Crippen molar-refractivity contribution in [2.24, 2.45) is 0 Å². The van der Waals surface area contributed by atoms with Crippen LogP contribution in [-0.2, 0) is 20.9 Å². The molecule has 2 aromatic carbocycles. The third-order valence-corrected chi connectivity index (χ3v) is 5.40. The minimum atomic E-state index is -0.517. The van der Waals surface area contributed by atoms with E-state index in [0.29, 0.717) is 38.4 Å². The number of benzene rings is 2. The predicted octanol–water partition coefficient (Wildman–Crippen LogP) is 4.34. The van der Waals surface area contributed by atoms with E-state index >= 15 is 0 Å². The molecule has 1 amide bonds. The molecular formula is C21H17Cl2NO5. The van der Waals surface area contributed by atoms with Crippen molar-refractivity contribution in [3.63, 3.8) is 0 Å². The number of esters is 1. The van der Waals surface area contributed by atoms with E-state index in [0.717, 1.165) is 5.56 Å². The fraction of sp³-hybridized carbons (Fsp3) is 0.238. The average molecular weight is 434 g/mol. The van der Waals surface area contributed by atoms with Gasteiger partial charge >= 0.3 is 5.97 Å². The standard InChI is InChI=1S/C21H17Cl2NO5/c1-11-20(15(8-19(25)24-11)14-4-3-13(22)7-16(14)23)21(26)27-9-12-2-5-17-18(6-12)29-10-28-17/h2-7,15H,8-10H2,1H3,(H,24,25)/t15-/m0/s1. The van der Waals surface area contributed by atoms with Gasteiger partial charge in [0.05, 0.1) is 5.57 Å². The summed E-state index contributed by atoms with van der Waals surface area (Å²) in [6, 6.07) is 10.3. The van der Waals surface area contributed by atoms with E-state index < -0.39 is 11.9 Å². The summed E-state index contributed by atoms with van der Waals surface area (Å²) in [5, 5.41) is 3.58. The molecular weight excluding hydrogens is 417 g/mol. The second-order valence-electron chi connectivity index (χ2n) is 6.77. The molecule has 2 aliphatic heterocycles. The van der Waals surface area contributed by atoms with Crippen LogP contribution in [-0.4, -0.2) is 18.7 Å². The highest BCUT2D eigenvalue weighted by molar-refractivity contribution is 6.35. The number of fused-ring (bicyclic) bond motifs is 1. The number of halogens is 2. The minimum absolute atomic E-state index is 0.0568. The van der Waals surface area contributed by atoms with Crippen molar-refractivity contribution in [1.29, 1.82) is 0 Å². The molecule has 0 spiro atoms. The van der Waals surface area contributed by atoms with Crippen molar-refractivity contribution >= 4 is 35.1 Å². The van der Waals surface area contributed by atoms with Crippen LogP contribution in [0.4, 0.5) is 0 Å². The molecule has 150 valence electrons. The first-order valence-electron chi connectivity index (χ1n) is 8.93. The topological polar surface area (TPSA) is 73.9 Å². The Morgan fingerprint density at radius 2 is 1.97 bits per heavy atom. The van der Waals surface area contributed by atoms with Gasteiger partial charge in [-0.3, -0.25) is 4.79 Å². The highest BCUT2D eigenvalue weighted by Crippen LogP contribution is 2.38. The van der Waals surface area contributed by atoms with Gasteiger partial charge < -0.3 is 19.5 Å². The highest BCUT2D eigenvalue weighted by Gasteiger charge is 2.34. The lowest BCUT2D eigenvalue weighted by atomic mass is 9.84. The summed E-state index contributed by atoms with van der Waals surface area (Å²) in [6.45, 7) is 1.90. The molecule has 1 atom stereocenters. The van der Waals surface area contributed by atoms with Gasteiger partial charge in [-0.15, -0.1) is 0 Å². The summed E-state index contributed by atoms with van der Waals surface area (Å²) in [5.41, 5.74) is 2.24. The van der Waals surface area contributed by atoms with Crippen LogP contribution in [0.15, 0.2) is 47.7 Å². The molecule has 4 rings (SSSR count). The van der Waals surface area contributed by atoms with Gasteiger partial charge in [0.15, 0.2) is 11.5 Å². The Hall–Kier alpha value is -2.70. The van der Waals surface area contributed by atoms with Crippen LogP contribution >= 0.6 is 23.2 Å². The molecule has 2 heterocycles. The number of allylic oxidation sites excluding steroid dienone is 1. The largest absolute Gasteiger partial charge is 0.457 e. The van der Waals surface area contributed by atoms with E-state index in [4.69, 9.17) is 37.4 Å². The number of amides is 1. The third-order valence-electron chi connectivity index (χ3n) is 4.83. The quantitative estimate of drug-likeness (QED) is 0.725. The van der Waals surface area contributed by atoms with Crippen LogP contribution in [0.1, 0.15) is 30.4 Å². The van der Waals surface area contributed by atoms with Crippen molar-refractivity contribution in [3.05, 3.63) is 68.8 Å². The Kier molecular flexibility index (Phi) is 5.39. The second kappa shape index (κ2) is 7.97.